The fraction of sp³-hybridized carbons (Fsp3) is 0.541. The molecule has 1 aliphatic carbocycles. The number of hydrogen-bond donors (Lipinski definition) is 1. The van der Waals surface area contributed by atoms with Crippen molar-refractivity contribution in [2.24, 2.45) is 0 Å². The lowest BCUT2D eigenvalue weighted by Gasteiger charge is -2.38. The number of benzene rings is 2. The fourth-order valence-corrected chi connectivity index (χ4v) is 7.57. The number of carbonyl (C=O) groups excluding carboxylic acids is 1. The van der Waals surface area contributed by atoms with E-state index in [0.717, 1.165) is 44.1 Å². The van der Waals surface area contributed by atoms with Gasteiger partial charge in [0, 0.05) is 37.6 Å². The minimum Gasteiger partial charge on any atom is -0.481 e. The van der Waals surface area contributed by atoms with Crippen molar-refractivity contribution in [2.75, 3.05) is 26.4 Å². The molecule has 2 fully saturated rings. The number of amides is 1. The molecule has 1 saturated heterocycles. The Hall–Kier alpha value is -3.27. The van der Waals surface area contributed by atoms with E-state index in [2.05, 4.69) is 63.1 Å². The number of aromatic amines is 1. The molecule has 248 valence electrons. The molecule has 1 N–H and O–H groups in total. The molecule has 1 aliphatic heterocycles. The van der Waals surface area contributed by atoms with Crippen LogP contribution >= 0.6 is 0 Å². The number of H-pyrrole nitrogens is 1. The van der Waals surface area contributed by atoms with Gasteiger partial charge in [-0.05, 0) is 54.9 Å². The van der Waals surface area contributed by atoms with Gasteiger partial charge in [0.2, 0.25) is 5.75 Å². The first-order valence-electron chi connectivity index (χ1n) is 16.9. The second-order valence-corrected chi connectivity index (χ2v) is 19.3. The van der Waals surface area contributed by atoms with E-state index in [0.29, 0.717) is 38.6 Å². The molecule has 0 bridgehead atoms. The van der Waals surface area contributed by atoms with Crippen LogP contribution in [0.5, 0.6) is 5.75 Å². The highest BCUT2D eigenvalue weighted by Gasteiger charge is 2.39. The van der Waals surface area contributed by atoms with Crippen LogP contribution in [0.4, 0.5) is 0 Å². The average Bonchev–Trinajstić information content (AvgIpc) is 3.52. The van der Waals surface area contributed by atoms with E-state index >= 15 is 0 Å². The van der Waals surface area contributed by atoms with Crippen LogP contribution in [0.1, 0.15) is 86.7 Å². The summed E-state index contributed by atoms with van der Waals surface area (Å²) in [5, 5.41) is 0.0527. The van der Waals surface area contributed by atoms with Crippen molar-refractivity contribution in [2.45, 2.75) is 102 Å². The number of hydrogen-bond acceptors (Lipinski definition) is 6. The van der Waals surface area contributed by atoms with Crippen molar-refractivity contribution in [3.8, 4) is 5.75 Å². The van der Waals surface area contributed by atoms with Gasteiger partial charge in [0.15, 0.2) is 14.0 Å². The van der Waals surface area contributed by atoms with E-state index in [-0.39, 0.29) is 40.5 Å². The molecule has 3 aromatic rings. The molecule has 1 aromatic heterocycles. The molecule has 2 aromatic carbocycles. The maximum absolute atomic E-state index is 14.7. The summed E-state index contributed by atoms with van der Waals surface area (Å²) in [7, 11) is -2.03. The van der Waals surface area contributed by atoms with E-state index in [1.807, 2.05) is 41.3 Å². The lowest BCUT2D eigenvalue weighted by molar-refractivity contribution is 0.0245. The topological polar surface area (TPSA) is 93.8 Å². The summed E-state index contributed by atoms with van der Waals surface area (Å²) in [6.45, 7) is 13.2. The van der Waals surface area contributed by atoms with Gasteiger partial charge in [-0.3, -0.25) is 9.59 Å². The Morgan fingerprint density at radius 3 is 2.28 bits per heavy atom. The molecule has 8 nitrogen and oxygen atoms in total. The van der Waals surface area contributed by atoms with Gasteiger partial charge in [-0.15, -0.1) is 0 Å². The average molecular weight is 646 g/mol. The first kappa shape index (κ1) is 34.1. The largest absolute Gasteiger partial charge is 0.481 e. The smallest absolute Gasteiger partial charge is 0.294 e. The standard InChI is InChI=1S/C37H51N3O5Si/c1-36(2,3)46(4,5)45-25-22-40(30-18-23-43-24-19-30)35(42)32-33(44-27-28-14-8-6-9-15-28)34(41)39-31(38-32)26-37(20-12-13-21-37)29-16-10-7-11-17-29/h6-11,14-17,30H,12-13,18-27H2,1-5H3,(H,38,39,41). The van der Waals surface area contributed by atoms with Crippen molar-refractivity contribution < 1.29 is 18.7 Å². The van der Waals surface area contributed by atoms with Crippen LogP contribution < -0.4 is 10.3 Å². The first-order chi connectivity index (χ1) is 22.0. The van der Waals surface area contributed by atoms with Gasteiger partial charge >= 0.3 is 0 Å². The molecule has 0 atom stereocenters. The normalized spacial score (nSPS) is 17.2. The quantitative estimate of drug-likeness (QED) is 0.212. The molecule has 1 amide bonds. The van der Waals surface area contributed by atoms with Crippen molar-refractivity contribution >= 4 is 14.2 Å². The summed E-state index contributed by atoms with van der Waals surface area (Å²) in [6, 6.07) is 20.1. The first-order valence-corrected chi connectivity index (χ1v) is 19.8. The summed E-state index contributed by atoms with van der Waals surface area (Å²) >= 11 is 0. The third kappa shape index (κ3) is 7.98. The number of ether oxygens (including phenoxy) is 2. The fourth-order valence-electron chi connectivity index (χ4n) is 6.53. The molecule has 0 unspecified atom stereocenters. The van der Waals surface area contributed by atoms with Crippen LogP contribution in [0.25, 0.3) is 0 Å². The second-order valence-electron chi connectivity index (χ2n) is 14.4. The second kappa shape index (κ2) is 14.7. The van der Waals surface area contributed by atoms with E-state index in [4.69, 9.17) is 18.9 Å². The number of aromatic nitrogens is 2. The predicted octanol–water partition coefficient (Wildman–Crippen LogP) is 7.05. The van der Waals surface area contributed by atoms with Crippen LogP contribution in [0.3, 0.4) is 0 Å². The van der Waals surface area contributed by atoms with E-state index in [1.165, 1.54) is 5.56 Å². The van der Waals surface area contributed by atoms with Crippen LogP contribution in [0.15, 0.2) is 65.5 Å². The Kier molecular flexibility index (Phi) is 10.9. The van der Waals surface area contributed by atoms with Crippen LogP contribution in [0.2, 0.25) is 18.1 Å². The van der Waals surface area contributed by atoms with Gasteiger partial charge in [0.05, 0.1) is 6.61 Å². The van der Waals surface area contributed by atoms with Gasteiger partial charge in [0.1, 0.15) is 12.4 Å². The molecule has 2 heterocycles. The van der Waals surface area contributed by atoms with Crippen LogP contribution in [-0.2, 0) is 27.6 Å². The maximum Gasteiger partial charge on any atom is 0.294 e. The van der Waals surface area contributed by atoms with Crippen LogP contribution in [0, 0.1) is 0 Å². The van der Waals surface area contributed by atoms with E-state index in [9.17, 15) is 9.59 Å². The van der Waals surface area contributed by atoms with Crippen LogP contribution in [-0.4, -0.2) is 61.5 Å². The third-order valence-corrected chi connectivity index (χ3v) is 14.8. The lowest BCUT2D eigenvalue weighted by atomic mass is 9.76. The Balaban J connectivity index is 1.50. The Labute approximate surface area is 275 Å². The minimum absolute atomic E-state index is 0.0276. The summed E-state index contributed by atoms with van der Waals surface area (Å²) in [5.41, 5.74) is 1.67. The Morgan fingerprint density at radius 2 is 1.65 bits per heavy atom. The lowest BCUT2D eigenvalue weighted by Crippen LogP contribution is -2.48. The van der Waals surface area contributed by atoms with Crippen molar-refractivity contribution in [3.05, 3.63) is 93.7 Å². The molecule has 5 rings (SSSR count). The zero-order chi connectivity index (χ0) is 32.8. The molecule has 46 heavy (non-hydrogen) atoms. The van der Waals surface area contributed by atoms with Gasteiger partial charge in [0.25, 0.3) is 11.5 Å². The number of nitrogens with zero attached hydrogens (tertiary/aromatic N) is 2. The Bertz CT molecular complexity index is 1490. The summed E-state index contributed by atoms with van der Waals surface area (Å²) in [5.74, 6) is 0.206. The highest BCUT2D eigenvalue weighted by molar-refractivity contribution is 6.74. The highest BCUT2D eigenvalue weighted by Crippen LogP contribution is 2.43. The molecule has 0 radical (unpaired) electrons. The number of nitrogens with one attached hydrogen (secondary N) is 1. The van der Waals surface area contributed by atoms with Gasteiger partial charge in [-0.2, -0.15) is 0 Å². The van der Waals surface area contributed by atoms with Crippen molar-refractivity contribution in [1.29, 1.82) is 0 Å². The zero-order valence-corrected chi connectivity index (χ0v) is 29.3. The molecule has 0 spiro atoms. The number of rotatable bonds is 12. The van der Waals surface area contributed by atoms with Gasteiger partial charge < -0.3 is 23.8 Å². The highest BCUT2D eigenvalue weighted by atomic mass is 28.4. The zero-order valence-electron chi connectivity index (χ0n) is 28.3. The summed E-state index contributed by atoms with van der Waals surface area (Å²) < 4.78 is 18.3. The molecular formula is C37H51N3O5Si. The van der Waals surface area contributed by atoms with Gasteiger partial charge in [-0.1, -0.05) is 94.3 Å². The molecule has 9 heteroatoms. The maximum atomic E-state index is 14.7. The molecular weight excluding hydrogens is 595 g/mol. The molecule has 1 saturated carbocycles. The van der Waals surface area contributed by atoms with Crippen molar-refractivity contribution in [3.63, 3.8) is 0 Å². The summed E-state index contributed by atoms with van der Waals surface area (Å²) in [6.07, 6.45) is 6.25. The monoisotopic (exact) mass is 645 g/mol. The summed E-state index contributed by atoms with van der Waals surface area (Å²) in [4.78, 5) is 38.3. The SMILES string of the molecule is CC(C)(C)[Si](C)(C)OCCN(C(=O)c1nc(CC2(c3ccccc3)CCCC2)[nH]c(=O)c1OCc1ccccc1)C1CCOCC1. The third-order valence-electron chi connectivity index (χ3n) is 10.3. The van der Waals surface area contributed by atoms with Gasteiger partial charge in [-0.25, -0.2) is 4.98 Å². The Morgan fingerprint density at radius 1 is 1.02 bits per heavy atom. The van der Waals surface area contributed by atoms with E-state index in [1.54, 1.807) is 0 Å². The minimum atomic E-state index is -2.03. The number of carbonyl (C=O) groups is 1. The van der Waals surface area contributed by atoms with Crippen molar-refractivity contribution in [1.82, 2.24) is 14.9 Å². The molecule has 2 aliphatic rings. The predicted molar refractivity (Wildman–Crippen MR) is 184 cm³/mol. The van der Waals surface area contributed by atoms with E-state index < -0.39 is 13.9 Å².